The Labute approximate surface area is 142 Å². The maximum atomic E-state index is 13.9. The summed E-state index contributed by atoms with van der Waals surface area (Å²) in [5.41, 5.74) is 4.23. The lowest BCUT2D eigenvalue weighted by molar-refractivity contribution is 0.252. The summed E-state index contributed by atoms with van der Waals surface area (Å²) in [4.78, 5) is 16.1. The van der Waals surface area contributed by atoms with Gasteiger partial charge in [0.1, 0.15) is 11.5 Å². The molecule has 0 fully saturated rings. The first-order valence-electron chi connectivity index (χ1n) is 7.36. The molecule has 0 radical (unpaired) electrons. The first kappa shape index (κ1) is 16.1. The molecular formula is C16H16FN5OS. The summed E-state index contributed by atoms with van der Waals surface area (Å²) in [7, 11) is 0. The SMILES string of the molecule is Cc1c(NC(=O)NCCc2cscn2)cnn1-c1ccccc1F. The highest BCUT2D eigenvalue weighted by atomic mass is 32.1. The van der Waals surface area contributed by atoms with Gasteiger partial charge in [0.25, 0.3) is 0 Å². The van der Waals surface area contributed by atoms with Gasteiger partial charge in [0.15, 0.2) is 0 Å². The van der Waals surface area contributed by atoms with E-state index in [4.69, 9.17) is 0 Å². The third-order valence-corrected chi connectivity index (χ3v) is 4.12. The molecule has 0 atom stereocenters. The van der Waals surface area contributed by atoms with Gasteiger partial charge in [-0.2, -0.15) is 5.10 Å². The Morgan fingerprint density at radius 1 is 1.38 bits per heavy atom. The summed E-state index contributed by atoms with van der Waals surface area (Å²) in [5.74, 6) is -0.372. The summed E-state index contributed by atoms with van der Waals surface area (Å²) < 4.78 is 15.3. The van der Waals surface area contributed by atoms with Gasteiger partial charge in [-0.25, -0.2) is 18.9 Å². The fraction of sp³-hybridized carbons (Fsp3) is 0.188. The standard InChI is InChI=1S/C16H16FN5OS/c1-11-14(8-20-22(11)15-5-3-2-4-13(15)17)21-16(23)18-7-6-12-9-24-10-19-12/h2-5,8-10H,6-7H2,1H3,(H2,18,21,23). The van der Waals surface area contributed by atoms with Crippen molar-refractivity contribution >= 4 is 23.1 Å². The number of nitrogens with zero attached hydrogens (tertiary/aromatic N) is 3. The number of urea groups is 1. The monoisotopic (exact) mass is 345 g/mol. The number of carbonyl (C=O) groups is 1. The van der Waals surface area contributed by atoms with Crippen LogP contribution in [0.3, 0.4) is 0 Å². The Bertz CT molecular complexity index is 831. The van der Waals surface area contributed by atoms with Crippen molar-refractivity contribution in [1.29, 1.82) is 0 Å². The van der Waals surface area contributed by atoms with Crippen molar-refractivity contribution in [3.63, 3.8) is 0 Å². The summed E-state index contributed by atoms with van der Waals surface area (Å²) >= 11 is 1.52. The molecule has 3 rings (SSSR count). The topological polar surface area (TPSA) is 71.8 Å². The minimum Gasteiger partial charge on any atom is -0.337 e. The number of hydrogen-bond acceptors (Lipinski definition) is 4. The van der Waals surface area contributed by atoms with Crippen molar-refractivity contribution in [2.75, 3.05) is 11.9 Å². The Morgan fingerprint density at radius 3 is 2.96 bits per heavy atom. The Balaban J connectivity index is 1.61. The van der Waals surface area contributed by atoms with Crippen LogP contribution < -0.4 is 10.6 Å². The molecule has 0 aliphatic heterocycles. The zero-order valence-electron chi connectivity index (χ0n) is 13.0. The van der Waals surface area contributed by atoms with Crippen LogP contribution in [0.15, 0.2) is 41.4 Å². The minimum atomic E-state index is -0.372. The third kappa shape index (κ3) is 3.60. The van der Waals surface area contributed by atoms with Crippen LogP contribution in [0.1, 0.15) is 11.4 Å². The summed E-state index contributed by atoms with van der Waals surface area (Å²) in [6.07, 6.45) is 2.17. The van der Waals surface area contributed by atoms with E-state index in [-0.39, 0.29) is 11.8 Å². The van der Waals surface area contributed by atoms with E-state index >= 15 is 0 Å². The van der Waals surface area contributed by atoms with Gasteiger partial charge in [0, 0.05) is 18.3 Å². The summed E-state index contributed by atoms with van der Waals surface area (Å²) in [6.45, 7) is 2.25. The van der Waals surface area contributed by atoms with Gasteiger partial charge in [-0.15, -0.1) is 11.3 Å². The number of amides is 2. The molecule has 0 saturated carbocycles. The number of aromatic nitrogens is 3. The van der Waals surface area contributed by atoms with Crippen LogP contribution in [0, 0.1) is 12.7 Å². The number of rotatable bonds is 5. The lowest BCUT2D eigenvalue weighted by Gasteiger charge is -2.08. The Kier molecular flexibility index (Phi) is 4.85. The highest BCUT2D eigenvalue weighted by Gasteiger charge is 2.13. The van der Waals surface area contributed by atoms with Crippen LogP contribution in [-0.4, -0.2) is 27.3 Å². The normalized spacial score (nSPS) is 10.6. The second-order valence-electron chi connectivity index (χ2n) is 5.12. The lowest BCUT2D eigenvalue weighted by Crippen LogP contribution is -2.30. The average Bonchev–Trinajstić information content (AvgIpc) is 3.19. The van der Waals surface area contributed by atoms with E-state index in [1.54, 1.807) is 30.6 Å². The molecule has 8 heteroatoms. The molecule has 24 heavy (non-hydrogen) atoms. The van der Waals surface area contributed by atoms with E-state index in [1.165, 1.54) is 28.3 Å². The smallest absolute Gasteiger partial charge is 0.319 e. The molecule has 0 saturated heterocycles. The number of nitrogens with one attached hydrogen (secondary N) is 2. The van der Waals surface area contributed by atoms with Gasteiger partial charge in [-0.05, 0) is 19.1 Å². The molecule has 2 aromatic heterocycles. The zero-order chi connectivity index (χ0) is 16.9. The van der Waals surface area contributed by atoms with Crippen LogP contribution in [0.4, 0.5) is 14.9 Å². The maximum absolute atomic E-state index is 13.9. The third-order valence-electron chi connectivity index (χ3n) is 3.49. The first-order valence-corrected chi connectivity index (χ1v) is 8.31. The molecule has 2 N–H and O–H groups in total. The van der Waals surface area contributed by atoms with Gasteiger partial charge in [0.05, 0.1) is 28.8 Å². The maximum Gasteiger partial charge on any atom is 0.319 e. The second-order valence-corrected chi connectivity index (χ2v) is 5.84. The number of halogens is 1. The fourth-order valence-corrected chi connectivity index (χ4v) is 2.82. The lowest BCUT2D eigenvalue weighted by atomic mass is 10.3. The van der Waals surface area contributed by atoms with Gasteiger partial charge >= 0.3 is 6.03 Å². The average molecular weight is 345 g/mol. The van der Waals surface area contributed by atoms with Crippen molar-refractivity contribution in [2.45, 2.75) is 13.3 Å². The molecule has 2 amide bonds. The quantitative estimate of drug-likeness (QED) is 0.746. The molecule has 0 aliphatic carbocycles. The molecule has 1 aromatic carbocycles. The molecule has 2 heterocycles. The van der Waals surface area contributed by atoms with Crippen molar-refractivity contribution < 1.29 is 9.18 Å². The molecule has 0 bridgehead atoms. The Hall–Kier alpha value is -2.74. The fourth-order valence-electron chi connectivity index (χ4n) is 2.23. The highest BCUT2D eigenvalue weighted by molar-refractivity contribution is 7.07. The van der Waals surface area contributed by atoms with E-state index in [0.29, 0.717) is 30.0 Å². The van der Waals surface area contributed by atoms with Crippen molar-refractivity contribution in [3.05, 3.63) is 58.6 Å². The zero-order valence-corrected chi connectivity index (χ0v) is 13.8. The molecular weight excluding hydrogens is 329 g/mol. The summed E-state index contributed by atoms with van der Waals surface area (Å²) in [5, 5.41) is 11.6. The van der Waals surface area contributed by atoms with Crippen LogP contribution in [0.25, 0.3) is 5.69 Å². The predicted octanol–water partition coefficient (Wildman–Crippen LogP) is 3.14. The van der Waals surface area contributed by atoms with Gasteiger partial charge < -0.3 is 10.6 Å². The summed E-state index contributed by atoms with van der Waals surface area (Å²) in [6, 6.07) is 6.02. The van der Waals surface area contributed by atoms with E-state index in [0.717, 1.165) is 5.69 Å². The van der Waals surface area contributed by atoms with E-state index < -0.39 is 0 Å². The first-order chi connectivity index (χ1) is 11.6. The van der Waals surface area contributed by atoms with Crippen molar-refractivity contribution in [3.8, 4) is 5.69 Å². The molecule has 124 valence electrons. The van der Waals surface area contributed by atoms with E-state index in [9.17, 15) is 9.18 Å². The van der Waals surface area contributed by atoms with Gasteiger partial charge in [0.2, 0.25) is 0 Å². The van der Waals surface area contributed by atoms with E-state index in [1.807, 2.05) is 5.38 Å². The van der Waals surface area contributed by atoms with Gasteiger partial charge in [-0.3, -0.25) is 0 Å². The molecule has 0 aliphatic rings. The van der Waals surface area contributed by atoms with Crippen molar-refractivity contribution in [2.24, 2.45) is 0 Å². The van der Waals surface area contributed by atoms with Crippen LogP contribution >= 0.6 is 11.3 Å². The predicted molar refractivity (Wildman–Crippen MR) is 91.1 cm³/mol. The Morgan fingerprint density at radius 2 is 2.21 bits per heavy atom. The van der Waals surface area contributed by atoms with Crippen LogP contribution in [0.2, 0.25) is 0 Å². The number of para-hydroxylation sites is 1. The van der Waals surface area contributed by atoms with Crippen molar-refractivity contribution in [1.82, 2.24) is 20.1 Å². The number of thiazole rings is 1. The van der Waals surface area contributed by atoms with E-state index in [2.05, 4.69) is 20.7 Å². The molecule has 6 nitrogen and oxygen atoms in total. The number of anilines is 1. The second kappa shape index (κ2) is 7.22. The molecule has 3 aromatic rings. The molecule has 0 unspecified atom stereocenters. The molecule has 0 spiro atoms. The number of hydrogen-bond donors (Lipinski definition) is 2. The number of carbonyl (C=O) groups excluding carboxylic acids is 1. The number of benzene rings is 1. The van der Waals surface area contributed by atoms with Gasteiger partial charge in [-0.1, -0.05) is 12.1 Å². The minimum absolute atomic E-state index is 0.332. The highest BCUT2D eigenvalue weighted by Crippen LogP contribution is 2.20. The van der Waals surface area contributed by atoms with Crippen LogP contribution in [-0.2, 0) is 6.42 Å². The largest absolute Gasteiger partial charge is 0.337 e. The van der Waals surface area contributed by atoms with Crippen LogP contribution in [0.5, 0.6) is 0 Å².